The van der Waals surface area contributed by atoms with Crippen LogP contribution < -0.4 is 4.90 Å². The van der Waals surface area contributed by atoms with E-state index in [1.165, 1.54) is 5.56 Å². The SMILES string of the molecule is Cc1cc(N2CCOCC2)ncc1[C@H]1CCCCN1C(=O)OCc1ccccc1. The zero-order valence-corrected chi connectivity index (χ0v) is 17.0. The molecule has 29 heavy (non-hydrogen) atoms. The van der Waals surface area contributed by atoms with Crippen LogP contribution in [0, 0.1) is 6.92 Å². The lowest BCUT2D eigenvalue weighted by Crippen LogP contribution is -2.39. The molecule has 2 saturated heterocycles. The average Bonchev–Trinajstić information content (AvgIpc) is 2.79. The highest BCUT2D eigenvalue weighted by molar-refractivity contribution is 5.68. The van der Waals surface area contributed by atoms with E-state index in [4.69, 9.17) is 14.5 Å². The molecule has 4 rings (SSSR count). The number of pyridine rings is 1. The number of hydrogen-bond acceptors (Lipinski definition) is 5. The minimum atomic E-state index is -0.241. The number of carbonyl (C=O) groups is 1. The third-order valence-electron chi connectivity index (χ3n) is 5.77. The maximum absolute atomic E-state index is 12.8. The summed E-state index contributed by atoms with van der Waals surface area (Å²) in [4.78, 5) is 21.7. The summed E-state index contributed by atoms with van der Waals surface area (Å²) in [5, 5.41) is 0. The van der Waals surface area contributed by atoms with Crippen molar-refractivity contribution in [3.63, 3.8) is 0 Å². The molecular formula is C23H29N3O3. The van der Waals surface area contributed by atoms with Crippen LogP contribution in [-0.4, -0.2) is 48.8 Å². The van der Waals surface area contributed by atoms with Gasteiger partial charge in [-0.3, -0.25) is 0 Å². The summed E-state index contributed by atoms with van der Waals surface area (Å²) in [5.41, 5.74) is 3.30. The Morgan fingerprint density at radius 1 is 1.17 bits per heavy atom. The average molecular weight is 396 g/mol. The fraction of sp³-hybridized carbons (Fsp3) is 0.478. The molecule has 6 nitrogen and oxygen atoms in total. The normalized spacial score (nSPS) is 19.8. The topological polar surface area (TPSA) is 54.9 Å². The lowest BCUT2D eigenvalue weighted by Gasteiger charge is -2.36. The van der Waals surface area contributed by atoms with E-state index in [0.29, 0.717) is 6.61 Å². The molecule has 2 aromatic rings. The predicted octanol–water partition coefficient (Wildman–Crippen LogP) is 4.09. The third-order valence-corrected chi connectivity index (χ3v) is 5.77. The molecule has 0 spiro atoms. The van der Waals surface area contributed by atoms with Gasteiger partial charge in [0.1, 0.15) is 12.4 Å². The smallest absolute Gasteiger partial charge is 0.410 e. The Balaban J connectivity index is 1.47. The Bertz CT molecular complexity index is 821. The second-order valence-corrected chi connectivity index (χ2v) is 7.74. The molecule has 0 aliphatic carbocycles. The molecule has 6 heteroatoms. The van der Waals surface area contributed by atoms with Crippen molar-refractivity contribution in [2.45, 2.75) is 38.8 Å². The fourth-order valence-electron chi connectivity index (χ4n) is 4.14. The number of carbonyl (C=O) groups excluding carboxylic acids is 1. The van der Waals surface area contributed by atoms with E-state index in [2.05, 4.69) is 17.9 Å². The molecule has 3 heterocycles. The van der Waals surface area contributed by atoms with E-state index in [1.54, 1.807) is 0 Å². The van der Waals surface area contributed by atoms with Crippen LogP contribution in [0.3, 0.4) is 0 Å². The summed E-state index contributed by atoms with van der Waals surface area (Å²) in [6.07, 6.45) is 4.77. The van der Waals surface area contributed by atoms with Gasteiger partial charge in [0.05, 0.1) is 19.3 Å². The molecule has 1 amide bonds. The summed E-state index contributed by atoms with van der Waals surface area (Å²) in [6, 6.07) is 12.0. The maximum atomic E-state index is 12.8. The van der Waals surface area contributed by atoms with E-state index in [0.717, 1.165) is 69.1 Å². The van der Waals surface area contributed by atoms with E-state index in [1.807, 2.05) is 41.4 Å². The minimum absolute atomic E-state index is 0.0262. The monoisotopic (exact) mass is 395 g/mol. The predicted molar refractivity (Wildman–Crippen MR) is 112 cm³/mol. The van der Waals surface area contributed by atoms with Crippen LogP contribution in [-0.2, 0) is 16.1 Å². The van der Waals surface area contributed by atoms with Gasteiger partial charge in [0.25, 0.3) is 0 Å². The quantitative estimate of drug-likeness (QED) is 0.780. The maximum Gasteiger partial charge on any atom is 0.410 e. The number of nitrogens with zero attached hydrogens (tertiary/aromatic N) is 3. The zero-order chi connectivity index (χ0) is 20.1. The number of piperidine rings is 1. The lowest BCUT2D eigenvalue weighted by atomic mass is 9.94. The van der Waals surface area contributed by atoms with Crippen molar-refractivity contribution < 1.29 is 14.3 Å². The second kappa shape index (κ2) is 9.27. The molecule has 0 saturated carbocycles. The van der Waals surface area contributed by atoms with Gasteiger partial charge in [0.15, 0.2) is 0 Å². The van der Waals surface area contributed by atoms with Crippen molar-refractivity contribution >= 4 is 11.9 Å². The highest BCUT2D eigenvalue weighted by Crippen LogP contribution is 2.34. The van der Waals surface area contributed by atoms with Crippen LogP contribution in [0.25, 0.3) is 0 Å². The first-order valence-electron chi connectivity index (χ1n) is 10.5. The minimum Gasteiger partial charge on any atom is -0.445 e. The molecule has 2 aliphatic rings. The van der Waals surface area contributed by atoms with Gasteiger partial charge >= 0.3 is 6.09 Å². The summed E-state index contributed by atoms with van der Waals surface area (Å²) in [5.74, 6) is 0.989. The van der Waals surface area contributed by atoms with Gasteiger partial charge < -0.3 is 19.3 Å². The highest BCUT2D eigenvalue weighted by Gasteiger charge is 2.30. The van der Waals surface area contributed by atoms with Gasteiger partial charge in [-0.2, -0.15) is 0 Å². The summed E-state index contributed by atoms with van der Waals surface area (Å²) < 4.78 is 11.1. The molecule has 1 aromatic heterocycles. The molecule has 0 unspecified atom stereocenters. The van der Waals surface area contributed by atoms with Crippen LogP contribution in [0.4, 0.5) is 10.6 Å². The number of aromatic nitrogens is 1. The lowest BCUT2D eigenvalue weighted by molar-refractivity contribution is 0.0677. The molecule has 0 bridgehead atoms. The Labute approximate surface area is 172 Å². The first-order chi connectivity index (χ1) is 14.2. The molecule has 2 fully saturated rings. The number of rotatable bonds is 4. The molecule has 154 valence electrons. The van der Waals surface area contributed by atoms with Gasteiger partial charge in [-0.1, -0.05) is 30.3 Å². The van der Waals surface area contributed by atoms with Crippen molar-refractivity contribution in [2.24, 2.45) is 0 Å². The van der Waals surface area contributed by atoms with E-state index >= 15 is 0 Å². The largest absolute Gasteiger partial charge is 0.445 e. The van der Waals surface area contributed by atoms with Gasteiger partial charge in [0.2, 0.25) is 0 Å². The molecule has 0 radical (unpaired) electrons. The number of amides is 1. The first kappa shape index (κ1) is 19.7. The molecular weight excluding hydrogens is 366 g/mol. The van der Waals surface area contributed by atoms with Crippen molar-refractivity contribution in [3.05, 3.63) is 59.3 Å². The van der Waals surface area contributed by atoms with Crippen molar-refractivity contribution in [3.8, 4) is 0 Å². The Morgan fingerprint density at radius 3 is 2.72 bits per heavy atom. The third kappa shape index (κ3) is 4.70. The standard InChI is InChI=1S/C23H29N3O3/c1-18-15-22(25-11-13-28-14-12-25)24-16-20(18)21-9-5-6-10-26(21)23(27)29-17-19-7-3-2-4-8-19/h2-4,7-8,15-16,21H,5-6,9-14,17H2,1H3/t21-/m1/s1. The number of morpholine rings is 1. The van der Waals surface area contributed by atoms with E-state index in [-0.39, 0.29) is 12.1 Å². The molecule has 1 aromatic carbocycles. The van der Waals surface area contributed by atoms with Gasteiger partial charge in [-0.15, -0.1) is 0 Å². The van der Waals surface area contributed by atoms with Crippen LogP contribution >= 0.6 is 0 Å². The number of benzene rings is 1. The van der Waals surface area contributed by atoms with Crippen molar-refractivity contribution in [1.82, 2.24) is 9.88 Å². The van der Waals surface area contributed by atoms with Gasteiger partial charge in [0, 0.05) is 25.8 Å². The first-order valence-corrected chi connectivity index (χ1v) is 10.5. The zero-order valence-electron chi connectivity index (χ0n) is 17.0. The van der Waals surface area contributed by atoms with Crippen molar-refractivity contribution in [2.75, 3.05) is 37.7 Å². The number of anilines is 1. The molecule has 2 aliphatic heterocycles. The van der Waals surface area contributed by atoms with Gasteiger partial charge in [-0.05, 0) is 48.9 Å². The van der Waals surface area contributed by atoms with Crippen LogP contribution in [0.1, 0.15) is 42.0 Å². The van der Waals surface area contributed by atoms with Crippen LogP contribution in [0.15, 0.2) is 42.6 Å². The molecule has 1 atom stereocenters. The number of ether oxygens (including phenoxy) is 2. The summed E-state index contributed by atoms with van der Waals surface area (Å²) in [7, 11) is 0. The highest BCUT2D eigenvalue weighted by atomic mass is 16.6. The number of hydrogen-bond donors (Lipinski definition) is 0. The summed E-state index contributed by atoms with van der Waals surface area (Å²) in [6.45, 7) is 6.36. The van der Waals surface area contributed by atoms with Gasteiger partial charge in [-0.25, -0.2) is 9.78 Å². The van der Waals surface area contributed by atoms with E-state index in [9.17, 15) is 4.79 Å². The number of aryl methyl sites for hydroxylation is 1. The Morgan fingerprint density at radius 2 is 1.97 bits per heavy atom. The van der Waals surface area contributed by atoms with E-state index < -0.39 is 0 Å². The summed E-state index contributed by atoms with van der Waals surface area (Å²) >= 11 is 0. The fourth-order valence-corrected chi connectivity index (χ4v) is 4.14. The van der Waals surface area contributed by atoms with Crippen molar-refractivity contribution in [1.29, 1.82) is 0 Å². The number of likely N-dealkylation sites (tertiary alicyclic amines) is 1. The second-order valence-electron chi connectivity index (χ2n) is 7.74. The molecule has 0 N–H and O–H groups in total. The Hall–Kier alpha value is -2.60. The Kier molecular flexibility index (Phi) is 6.30. The van der Waals surface area contributed by atoms with Crippen LogP contribution in [0.5, 0.6) is 0 Å². The van der Waals surface area contributed by atoms with Crippen LogP contribution in [0.2, 0.25) is 0 Å².